The molecule has 164 valence electrons. The van der Waals surface area contributed by atoms with Crippen molar-refractivity contribution in [2.45, 2.75) is 31.7 Å². The fraction of sp³-hybridized carbons (Fsp3) is 0.375. The summed E-state index contributed by atoms with van der Waals surface area (Å²) in [7, 11) is 1.47. The van der Waals surface area contributed by atoms with Gasteiger partial charge in [-0.3, -0.25) is 19.3 Å². The standard InChI is InChI=1S/C24H27FN2O4/c1-3-26(17-18-9-5-4-6-10-18)21(28)15-24(19-11-7-8-12-20(19)25)16-22(29)27(23(24)30)13-14-31-2/h4-12H,3,13-17H2,1-2H3/t24-/m1/s1. The summed E-state index contributed by atoms with van der Waals surface area (Å²) in [5.41, 5.74) is -0.525. The second-order valence-corrected chi connectivity index (χ2v) is 7.65. The van der Waals surface area contributed by atoms with Crippen LogP contribution in [0.25, 0.3) is 0 Å². The number of carbonyl (C=O) groups is 3. The highest BCUT2D eigenvalue weighted by Gasteiger charge is 2.55. The molecule has 7 heteroatoms. The average molecular weight is 426 g/mol. The van der Waals surface area contributed by atoms with Gasteiger partial charge in [-0.2, -0.15) is 0 Å². The van der Waals surface area contributed by atoms with E-state index in [1.165, 1.54) is 25.3 Å². The lowest BCUT2D eigenvalue weighted by Gasteiger charge is -2.30. The largest absolute Gasteiger partial charge is 0.383 e. The van der Waals surface area contributed by atoms with Crippen molar-refractivity contribution in [2.24, 2.45) is 0 Å². The third-order valence-corrected chi connectivity index (χ3v) is 5.72. The Morgan fingerprint density at radius 3 is 2.45 bits per heavy atom. The molecular weight excluding hydrogens is 399 g/mol. The van der Waals surface area contributed by atoms with Gasteiger partial charge in [-0.1, -0.05) is 48.5 Å². The monoisotopic (exact) mass is 426 g/mol. The van der Waals surface area contributed by atoms with Crippen LogP contribution in [0.4, 0.5) is 4.39 Å². The normalized spacial score (nSPS) is 18.5. The molecule has 0 bridgehead atoms. The number of hydrogen-bond donors (Lipinski definition) is 0. The van der Waals surface area contributed by atoms with Crippen LogP contribution >= 0.6 is 0 Å². The van der Waals surface area contributed by atoms with Crippen molar-refractivity contribution in [3.05, 3.63) is 71.5 Å². The van der Waals surface area contributed by atoms with Crippen LogP contribution in [0.15, 0.2) is 54.6 Å². The minimum Gasteiger partial charge on any atom is -0.383 e. The number of ether oxygens (including phenoxy) is 1. The van der Waals surface area contributed by atoms with Crippen LogP contribution in [0, 0.1) is 5.82 Å². The topological polar surface area (TPSA) is 66.9 Å². The van der Waals surface area contributed by atoms with Crippen molar-refractivity contribution in [3.63, 3.8) is 0 Å². The molecule has 1 saturated heterocycles. The van der Waals surface area contributed by atoms with Gasteiger partial charge in [-0.15, -0.1) is 0 Å². The fourth-order valence-electron chi connectivity index (χ4n) is 4.05. The average Bonchev–Trinajstić information content (AvgIpc) is 3.01. The summed E-state index contributed by atoms with van der Waals surface area (Å²) >= 11 is 0. The van der Waals surface area contributed by atoms with Gasteiger partial charge in [-0.05, 0) is 18.6 Å². The van der Waals surface area contributed by atoms with Crippen LogP contribution in [0.5, 0.6) is 0 Å². The zero-order chi connectivity index (χ0) is 22.4. The predicted octanol–water partition coefficient (Wildman–Crippen LogP) is 2.91. The van der Waals surface area contributed by atoms with Gasteiger partial charge in [-0.25, -0.2) is 4.39 Å². The Hall–Kier alpha value is -3.06. The van der Waals surface area contributed by atoms with E-state index in [0.29, 0.717) is 13.1 Å². The van der Waals surface area contributed by atoms with Crippen LogP contribution < -0.4 is 0 Å². The summed E-state index contributed by atoms with van der Waals surface area (Å²) in [4.78, 5) is 42.1. The summed E-state index contributed by atoms with van der Waals surface area (Å²) in [5.74, 6) is -1.88. The molecule has 1 aliphatic heterocycles. The molecule has 0 aliphatic carbocycles. The number of rotatable bonds is 9. The third kappa shape index (κ3) is 4.66. The van der Waals surface area contributed by atoms with Gasteiger partial charge in [0.15, 0.2) is 0 Å². The molecular formula is C24H27FN2O4. The molecule has 0 aromatic heterocycles. The van der Waals surface area contributed by atoms with E-state index >= 15 is 0 Å². The molecule has 2 aromatic carbocycles. The quantitative estimate of drug-likeness (QED) is 0.579. The SMILES string of the molecule is CCN(Cc1ccccc1)C(=O)C[C@]1(c2ccccc2F)CC(=O)N(CCOC)C1=O. The van der Waals surface area contributed by atoms with Crippen molar-refractivity contribution >= 4 is 17.7 Å². The number of methoxy groups -OCH3 is 1. The molecule has 0 radical (unpaired) electrons. The fourth-order valence-corrected chi connectivity index (χ4v) is 4.05. The lowest BCUT2D eigenvalue weighted by Crippen LogP contribution is -2.44. The molecule has 2 aromatic rings. The lowest BCUT2D eigenvalue weighted by molar-refractivity contribution is -0.143. The summed E-state index contributed by atoms with van der Waals surface area (Å²) < 4.78 is 19.8. The van der Waals surface area contributed by atoms with E-state index in [0.717, 1.165) is 10.5 Å². The first-order valence-corrected chi connectivity index (χ1v) is 10.3. The second-order valence-electron chi connectivity index (χ2n) is 7.65. The Morgan fingerprint density at radius 2 is 1.81 bits per heavy atom. The van der Waals surface area contributed by atoms with E-state index in [4.69, 9.17) is 4.74 Å². The molecule has 0 saturated carbocycles. The van der Waals surface area contributed by atoms with Crippen molar-refractivity contribution < 1.29 is 23.5 Å². The number of nitrogens with zero attached hydrogens (tertiary/aromatic N) is 2. The zero-order valence-electron chi connectivity index (χ0n) is 17.8. The van der Waals surface area contributed by atoms with Crippen molar-refractivity contribution in [2.75, 3.05) is 26.8 Å². The van der Waals surface area contributed by atoms with E-state index in [1.54, 1.807) is 11.0 Å². The van der Waals surface area contributed by atoms with Crippen LogP contribution in [0.1, 0.15) is 30.9 Å². The molecule has 0 N–H and O–H groups in total. The first kappa shape index (κ1) is 22.6. The van der Waals surface area contributed by atoms with Crippen molar-refractivity contribution in [1.29, 1.82) is 0 Å². The number of carbonyl (C=O) groups excluding carboxylic acids is 3. The molecule has 0 unspecified atom stereocenters. The first-order valence-electron chi connectivity index (χ1n) is 10.3. The molecule has 6 nitrogen and oxygen atoms in total. The van der Waals surface area contributed by atoms with Gasteiger partial charge >= 0.3 is 0 Å². The number of halogens is 1. The van der Waals surface area contributed by atoms with Gasteiger partial charge in [0.2, 0.25) is 17.7 Å². The highest BCUT2D eigenvalue weighted by Crippen LogP contribution is 2.41. The van der Waals surface area contributed by atoms with E-state index in [1.807, 2.05) is 37.3 Å². The molecule has 1 fully saturated rings. The Kier molecular flexibility index (Phi) is 7.17. The van der Waals surface area contributed by atoms with Gasteiger partial charge < -0.3 is 9.64 Å². The van der Waals surface area contributed by atoms with Gasteiger partial charge in [0, 0.05) is 38.6 Å². The summed E-state index contributed by atoms with van der Waals surface area (Å²) in [6.07, 6.45) is -0.520. The number of likely N-dealkylation sites (tertiary alicyclic amines) is 1. The maximum absolute atomic E-state index is 14.8. The molecule has 1 heterocycles. The number of amides is 3. The minimum atomic E-state index is -1.56. The van der Waals surface area contributed by atoms with E-state index < -0.39 is 23.0 Å². The molecule has 31 heavy (non-hydrogen) atoms. The second kappa shape index (κ2) is 9.83. The van der Waals surface area contributed by atoms with Crippen molar-refractivity contribution in [1.82, 2.24) is 9.80 Å². The van der Waals surface area contributed by atoms with Crippen LogP contribution in [-0.2, 0) is 31.1 Å². The molecule has 3 amide bonds. The first-order chi connectivity index (χ1) is 14.9. The van der Waals surface area contributed by atoms with E-state index in [2.05, 4.69) is 0 Å². The van der Waals surface area contributed by atoms with Crippen LogP contribution in [0.2, 0.25) is 0 Å². The highest BCUT2D eigenvalue weighted by molar-refractivity contribution is 6.10. The summed E-state index contributed by atoms with van der Waals surface area (Å²) in [6.45, 7) is 2.90. The molecule has 1 aliphatic rings. The number of benzene rings is 2. The third-order valence-electron chi connectivity index (χ3n) is 5.72. The van der Waals surface area contributed by atoms with Gasteiger partial charge in [0.1, 0.15) is 5.82 Å². The minimum absolute atomic E-state index is 0.0695. The van der Waals surface area contributed by atoms with E-state index in [-0.39, 0.29) is 37.5 Å². The maximum Gasteiger partial charge on any atom is 0.241 e. The smallest absolute Gasteiger partial charge is 0.241 e. The predicted molar refractivity (Wildman–Crippen MR) is 113 cm³/mol. The zero-order valence-corrected chi connectivity index (χ0v) is 17.8. The Labute approximate surface area is 181 Å². The van der Waals surface area contributed by atoms with Crippen molar-refractivity contribution in [3.8, 4) is 0 Å². The lowest BCUT2D eigenvalue weighted by atomic mass is 9.75. The summed E-state index contributed by atoms with van der Waals surface area (Å²) in [6, 6.07) is 15.4. The molecule has 3 rings (SSSR count). The molecule has 0 spiro atoms. The Bertz CT molecular complexity index is 950. The van der Waals surface area contributed by atoms with Crippen LogP contribution in [0.3, 0.4) is 0 Å². The Morgan fingerprint density at radius 1 is 1.13 bits per heavy atom. The van der Waals surface area contributed by atoms with Gasteiger partial charge in [0.05, 0.1) is 18.6 Å². The maximum atomic E-state index is 14.8. The Balaban J connectivity index is 1.94. The summed E-state index contributed by atoms with van der Waals surface area (Å²) in [5, 5.41) is 0. The number of imide groups is 1. The van der Waals surface area contributed by atoms with E-state index in [9.17, 15) is 18.8 Å². The molecule has 1 atom stereocenters. The number of hydrogen-bond acceptors (Lipinski definition) is 4. The van der Waals surface area contributed by atoms with Crippen LogP contribution in [-0.4, -0.2) is 54.3 Å². The van der Waals surface area contributed by atoms with Gasteiger partial charge in [0.25, 0.3) is 0 Å². The highest BCUT2D eigenvalue weighted by atomic mass is 19.1.